The van der Waals surface area contributed by atoms with Gasteiger partial charge in [0, 0.05) is 12.8 Å². The number of esters is 3. The Morgan fingerprint density at radius 3 is 1.29 bits per heavy atom. The van der Waals surface area contributed by atoms with Gasteiger partial charge in [-0.15, -0.1) is 0 Å². The smallest absolute Gasteiger partial charge is 0.462 e. The van der Waals surface area contributed by atoms with E-state index in [2.05, 4.69) is 93.7 Å². The summed E-state index contributed by atoms with van der Waals surface area (Å²) in [4.78, 5) is 48.2. The lowest BCUT2D eigenvalue weighted by molar-refractivity contribution is -0.160. The van der Waals surface area contributed by atoms with Gasteiger partial charge in [0.05, 0.1) is 26.2 Å². The molecule has 0 aromatic heterocycles. The Labute approximate surface area is 412 Å². The van der Waals surface area contributed by atoms with Crippen LogP contribution in [0.1, 0.15) is 201 Å². The fourth-order valence-corrected chi connectivity index (χ4v) is 7.41. The van der Waals surface area contributed by atoms with E-state index in [0.717, 1.165) is 83.5 Å². The number of phosphoric ester groups is 1. The summed E-state index contributed by atoms with van der Waals surface area (Å²) in [5, 5.41) is 9.77. The number of carbonyl (C=O) groups is 3. The number of phosphoric acid groups is 1. The third kappa shape index (κ3) is 47.5. The van der Waals surface area contributed by atoms with Crippen molar-refractivity contribution in [1.29, 1.82) is 0 Å². The Balaban J connectivity index is 4.89. The molecule has 0 aromatic carbocycles. The lowest BCUT2D eigenvalue weighted by Gasteiger charge is -2.21. The van der Waals surface area contributed by atoms with Gasteiger partial charge in [-0.25, -0.2) is 4.57 Å². The van der Waals surface area contributed by atoms with E-state index in [1.165, 1.54) is 57.8 Å². The molecular weight excluding hydrogens is 880 g/mol. The Morgan fingerprint density at radius 1 is 0.441 bits per heavy atom. The van der Waals surface area contributed by atoms with Crippen LogP contribution >= 0.6 is 7.82 Å². The Morgan fingerprint density at radius 2 is 0.824 bits per heavy atom. The molecule has 12 heteroatoms. The van der Waals surface area contributed by atoms with Crippen LogP contribution in [0.4, 0.5) is 0 Å². The highest BCUT2D eigenvalue weighted by molar-refractivity contribution is 7.47. The van der Waals surface area contributed by atoms with E-state index in [1.54, 1.807) is 6.08 Å². The van der Waals surface area contributed by atoms with E-state index >= 15 is 0 Å². The fraction of sp³-hybridized carbons (Fsp3) is 0.661. The van der Waals surface area contributed by atoms with E-state index in [1.807, 2.05) is 18.2 Å². The van der Waals surface area contributed by atoms with Crippen molar-refractivity contribution >= 4 is 25.7 Å². The molecule has 0 bridgehead atoms. The molecule has 11 nitrogen and oxygen atoms in total. The lowest BCUT2D eigenvalue weighted by atomic mass is 10.0. The van der Waals surface area contributed by atoms with Crippen LogP contribution in [0.5, 0.6) is 0 Å². The van der Waals surface area contributed by atoms with Crippen molar-refractivity contribution in [2.45, 2.75) is 213 Å². The van der Waals surface area contributed by atoms with Crippen LogP contribution in [-0.4, -0.2) is 66.5 Å². The first-order valence-electron chi connectivity index (χ1n) is 26.1. The maximum atomic E-state index is 12.8. The maximum Gasteiger partial charge on any atom is 0.472 e. The van der Waals surface area contributed by atoms with Gasteiger partial charge in [0.25, 0.3) is 0 Å². The highest BCUT2D eigenvalue weighted by Crippen LogP contribution is 2.43. The van der Waals surface area contributed by atoms with E-state index in [4.69, 9.17) is 23.3 Å². The van der Waals surface area contributed by atoms with Gasteiger partial charge in [0.15, 0.2) is 6.10 Å². The summed E-state index contributed by atoms with van der Waals surface area (Å²) in [5.41, 5.74) is 0. The number of hydrogen-bond acceptors (Lipinski definition) is 10. The zero-order valence-electron chi connectivity index (χ0n) is 42.5. The molecule has 0 aliphatic carbocycles. The zero-order valence-corrected chi connectivity index (χ0v) is 43.4. The Hall–Kier alpha value is -3.60. The van der Waals surface area contributed by atoms with Crippen LogP contribution in [0, 0.1) is 0 Å². The van der Waals surface area contributed by atoms with Gasteiger partial charge in [-0.3, -0.25) is 23.4 Å². The highest BCUT2D eigenvalue weighted by atomic mass is 31.2. The predicted octanol–water partition coefficient (Wildman–Crippen LogP) is 14.9. The number of carbonyl (C=O) groups excluding carboxylic acids is 3. The largest absolute Gasteiger partial charge is 0.472 e. The van der Waals surface area contributed by atoms with Gasteiger partial charge in [0.2, 0.25) is 0 Å². The fourth-order valence-electron chi connectivity index (χ4n) is 6.62. The number of rotatable bonds is 47. The van der Waals surface area contributed by atoms with Gasteiger partial charge in [-0.05, 0) is 77.0 Å². The summed E-state index contributed by atoms with van der Waals surface area (Å²) in [6.45, 7) is 4.25. The van der Waals surface area contributed by atoms with Crippen molar-refractivity contribution in [2.75, 3.05) is 26.4 Å². The van der Waals surface area contributed by atoms with Crippen molar-refractivity contribution in [2.24, 2.45) is 0 Å². The summed E-state index contributed by atoms with van der Waals surface area (Å²) in [6.07, 6.45) is 57.0. The van der Waals surface area contributed by atoms with Crippen LogP contribution in [0.15, 0.2) is 97.2 Å². The van der Waals surface area contributed by atoms with Gasteiger partial charge in [0.1, 0.15) is 12.7 Å². The lowest BCUT2D eigenvalue weighted by Crippen LogP contribution is -2.30. The molecule has 0 aliphatic rings. The standard InChI is InChI=1S/C56H93O11P/c1-4-7-10-13-16-19-22-25-26-29-32-35-38-41-44-47-56(60)67-53(49-63-54(58)45-42-39-36-33-30-27-23-20-17-14-11-8-5-2)51-65-68(61,62)64-50-52(48-57)66-55(59)46-43-40-37-34-31-28-24-21-18-15-12-9-6-3/h7-8,10-11,16-17,19-20,25-27,30,32,35,41,44,52-53,57H,4-6,9,12-15,18,21-24,28-29,31,33-34,36-40,42-43,45-51H2,1-3H3,(H,61,62)/b10-7-,11-8-,19-16-,20-17-,26-25-,30-27-,35-32-,44-41-. The minimum Gasteiger partial charge on any atom is -0.462 e. The normalized spacial score (nSPS) is 14.2. The first-order chi connectivity index (χ1) is 33.2. The number of hydrogen-bond donors (Lipinski definition) is 2. The number of ether oxygens (including phenoxy) is 3. The minimum absolute atomic E-state index is 0.0743. The first-order valence-corrected chi connectivity index (χ1v) is 27.6. The highest BCUT2D eigenvalue weighted by Gasteiger charge is 2.28. The van der Waals surface area contributed by atoms with Crippen LogP contribution in [0.2, 0.25) is 0 Å². The van der Waals surface area contributed by atoms with Gasteiger partial charge >= 0.3 is 25.7 Å². The molecule has 0 rings (SSSR count). The first kappa shape index (κ1) is 64.4. The van der Waals surface area contributed by atoms with Gasteiger partial charge in [-0.1, -0.05) is 201 Å². The Bertz CT molecular complexity index is 1510. The molecule has 0 aliphatic heterocycles. The van der Waals surface area contributed by atoms with E-state index in [-0.39, 0.29) is 19.3 Å². The summed E-state index contributed by atoms with van der Waals surface area (Å²) in [7, 11) is -4.77. The molecule has 0 saturated carbocycles. The third-order valence-corrected chi connectivity index (χ3v) is 11.5. The van der Waals surface area contributed by atoms with Crippen LogP contribution in [0.25, 0.3) is 0 Å². The molecule has 388 valence electrons. The number of allylic oxidation sites excluding steroid dienone is 15. The summed E-state index contributed by atoms with van der Waals surface area (Å²) < 4.78 is 39.2. The maximum absolute atomic E-state index is 12.8. The van der Waals surface area contributed by atoms with Crippen LogP contribution < -0.4 is 0 Å². The molecule has 0 saturated heterocycles. The number of unbranched alkanes of at least 4 members (excludes halogenated alkanes) is 15. The van der Waals surface area contributed by atoms with Crippen molar-refractivity contribution in [3.63, 3.8) is 0 Å². The van der Waals surface area contributed by atoms with Crippen LogP contribution in [-0.2, 0) is 42.2 Å². The van der Waals surface area contributed by atoms with Gasteiger partial charge < -0.3 is 24.2 Å². The van der Waals surface area contributed by atoms with Crippen molar-refractivity contribution < 1.29 is 52.2 Å². The third-order valence-electron chi connectivity index (χ3n) is 10.5. The SMILES string of the molecule is CC/C=C\C/C=C\C/C=C\C/C=C\C/C=C\CC(=O)OC(COC(=O)CCCCC/C=C\C/C=C\C/C=C\CC)COP(=O)(O)OCC(CO)OC(=O)CCCCCCCCCCCCCCC. The van der Waals surface area contributed by atoms with E-state index < -0.39 is 64.4 Å². The topological polar surface area (TPSA) is 155 Å². The average Bonchev–Trinajstić information content (AvgIpc) is 3.32. The zero-order chi connectivity index (χ0) is 49.9. The molecule has 2 N–H and O–H groups in total. The second-order valence-corrected chi connectivity index (χ2v) is 18.4. The molecule has 0 amide bonds. The van der Waals surface area contributed by atoms with Crippen molar-refractivity contribution in [3.05, 3.63) is 97.2 Å². The molecule has 0 fully saturated rings. The average molecular weight is 973 g/mol. The Kier molecular flexibility index (Phi) is 47.2. The second kappa shape index (κ2) is 49.8. The number of aliphatic hydroxyl groups is 1. The molecule has 3 atom stereocenters. The molecule has 0 aromatic rings. The monoisotopic (exact) mass is 973 g/mol. The van der Waals surface area contributed by atoms with Crippen molar-refractivity contribution in [3.8, 4) is 0 Å². The molecular formula is C56H93O11P. The van der Waals surface area contributed by atoms with E-state index in [0.29, 0.717) is 19.3 Å². The van der Waals surface area contributed by atoms with Crippen molar-refractivity contribution in [1.82, 2.24) is 0 Å². The molecule has 0 spiro atoms. The quantitative estimate of drug-likeness (QED) is 0.0197. The summed E-state index contributed by atoms with van der Waals surface area (Å²) >= 11 is 0. The second-order valence-electron chi connectivity index (χ2n) is 16.9. The predicted molar refractivity (Wildman–Crippen MR) is 279 cm³/mol. The van der Waals surface area contributed by atoms with Gasteiger partial charge in [-0.2, -0.15) is 0 Å². The summed E-state index contributed by atoms with van der Waals surface area (Å²) in [5.74, 6) is -1.66. The number of aliphatic hydroxyl groups excluding tert-OH is 1. The van der Waals surface area contributed by atoms with Crippen LogP contribution in [0.3, 0.4) is 0 Å². The minimum atomic E-state index is -4.77. The molecule has 3 unspecified atom stereocenters. The molecule has 0 heterocycles. The molecule has 68 heavy (non-hydrogen) atoms. The van der Waals surface area contributed by atoms with E-state index in [9.17, 15) is 28.9 Å². The summed E-state index contributed by atoms with van der Waals surface area (Å²) in [6, 6.07) is 0. The molecule has 0 radical (unpaired) electrons.